The molecule has 1 N–H and O–H groups in total. The number of hydrogen-bond acceptors (Lipinski definition) is 4. The van der Waals surface area contributed by atoms with Crippen molar-refractivity contribution in [2.45, 2.75) is 53.1 Å². The number of aliphatic hydroxyl groups is 1. The van der Waals surface area contributed by atoms with E-state index in [0.29, 0.717) is 11.4 Å². The number of aromatic nitrogens is 2. The van der Waals surface area contributed by atoms with Gasteiger partial charge in [0.1, 0.15) is 11.4 Å². The monoisotopic (exact) mass is 269 g/mol. The number of hydrogen-bond donors (Lipinski definition) is 1. The second kappa shape index (κ2) is 5.28. The molecule has 19 heavy (non-hydrogen) atoms. The van der Waals surface area contributed by atoms with Crippen molar-refractivity contribution in [2.75, 3.05) is 0 Å². The van der Waals surface area contributed by atoms with Gasteiger partial charge in [-0.2, -0.15) is 5.10 Å². The Balaban J connectivity index is 3.24. The van der Waals surface area contributed by atoms with Gasteiger partial charge in [-0.25, -0.2) is 0 Å². The third-order valence-electron chi connectivity index (χ3n) is 3.28. The number of rotatable bonds is 4. The lowest BCUT2D eigenvalue weighted by Gasteiger charge is -2.25. The topological polar surface area (TPSA) is 81.2 Å². The molecular weight excluding hydrogens is 246 g/mol. The second-order valence-electron chi connectivity index (χ2n) is 6.30. The maximum absolute atomic E-state index is 11.3. The molecule has 0 aliphatic heterocycles. The molecule has 0 fully saturated rings. The Morgan fingerprint density at radius 3 is 2.32 bits per heavy atom. The summed E-state index contributed by atoms with van der Waals surface area (Å²) >= 11 is 0. The average Bonchev–Trinajstić information content (AvgIpc) is 2.55. The summed E-state index contributed by atoms with van der Waals surface area (Å²) in [7, 11) is 1.68. The fourth-order valence-corrected chi connectivity index (χ4v) is 1.88. The minimum atomic E-state index is -0.651. The zero-order valence-electron chi connectivity index (χ0n) is 12.5. The molecule has 6 nitrogen and oxygen atoms in total. The summed E-state index contributed by atoms with van der Waals surface area (Å²) in [5.74, 6) is -0.0212. The molecule has 0 bridgehead atoms. The van der Waals surface area contributed by atoms with Crippen LogP contribution in [0.5, 0.6) is 0 Å². The molecule has 1 aromatic heterocycles. The Morgan fingerprint density at radius 2 is 1.95 bits per heavy atom. The van der Waals surface area contributed by atoms with Gasteiger partial charge in [0.15, 0.2) is 0 Å². The zero-order chi connectivity index (χ0) is 15.0. The molecule has 0 spiro atoms. The smallest absolute Gasteiger partial charge is 0.313 e. The summed E-state index contributed by atoms with van der Waals surface area (Å²) < 4.78 is 1.52. The summed E-state index contributed by atoms with van der Waals surface area (Å²) in [4.78, 5) is 10.9. The molecule has 108 valence electrons. The molecule has 0 aliphatic carbocycles. The largest absolute Gasteiger partial charge is 0.392 e. The molecule has 0 saturated heterocycles. The molecule has 1 unspecified atom stereocenters. The lowest BCUT2D eigenvalue weighted by molar-refractivity contribution is -0.386. The lowest BCUT2D eigenvalue weighted by Crippen LogP contribution is -2.29. The molecule has 6 heteroatoms. The van der Waals surface area contributed by atoms with E-state index in [9.17, 15) is 15.2 Å². The van der Waals surface area contributed by atoms with E-state index in [0.717, 1.165) is 0 Å². The van der Waals surface area contributed by atoms with Gasteiger partial charge in [-0.15, -0.1) is 0 Å². The van der Waals surface area contributed by atoms with Crippen molar-refractivity contribution < 1.29 is 10.0 Å². The van der Waals surface area contributed by atoms with E-state index in [2.05, 4.69) is 5.10 Å². The van der Waals surface area contributed by atoms with Crippen LogP contribution in [0.2, 0.25) is 0 Å². The zero-order valence-corrected chi connectivity index (χ0v) is 12.5. The predicted octanol–water partition coefficient (Wildman–Crippen LogP) is 2.40. The van der Waals surface area contributed by atoms with Crippen LogP contribution in [0.15, 0.2) is 0 Å². The highest BCUT2D eigenvalue weighted by Crippen LogP contribution is 2.32. The first kappa shape index (κ1) is 15.6. The van der Waals surface area contributed by atoms with Gasteiger partial charge in [-0.05, 0) is 5.41 Å². The normalized spacial score (nSPS) is 13.9. The fraction of sp³-hybridized carbons (Fsp3) is 0.769. The van der Waals surface area contributed by atoms with Crippen LogP contribution in [-0.2, 0) is 13.5 Å². The first-order chi connectivity index (χ1) is 8.55. The van der Waals surface area contributed by atoms with Crippen LogP contribution in [0.3, 0.4) is 0 Å². The summed E-state index contributed by atoms with van der Waals surface area (Å²) in [6, 6.07) is 0. The molecule has 1 atom stereocenters. The third kappa shape index (κ3) is 3.32. The first-order valence-electron chi connectivity index (χ1n) is 6.44. The van der Waals surface area contributed by atoms with Crippen molar-refractivity contribution in [3.05, 3.63) is 21.5 Å². The molecule has 1 rings (SSSR count). The Labute approximate surface area is 113 Å². The Bertz CT molecular complexity index is 472. The third-order valence-corrected chi connectivity index (χ3v) is 3.28. The Hall–Kier alpha value is -1.43. The van der Waals surface area contributed by atoms with Crippen LogP contribution in [0.1, 0.15) is 51.9 Å². The average molecular weight is 269 g/mol. The highest BCUT2D eigenvalue weighted by atomic mass is 16.6. The van der Waals surface area contributed by atoms with Gasteiger partial charge < -0.3 is 5.11 Å². The highest BCUT2D eigenvalue weighted by molar-refractivity contribution is 5.43. The summed E-state index contributed by atoms with van der Waals surface area (Å²) in [6.07, 6.45) is -0.419. The summed E-state index contributed by atoms with van der Waals surface area (Å²) in [6.45, 7) is 9.47. The Morgan fingerprint density at radius 1 is 1.42 bits per heavy atom. The molecule has 1 heterocycles. The van der Waals surface area contributed by atoms with Crippen molar-refractivity contribution in [3.8, 4) is 0 Å². The molecular formula is C13H23N3O3. The van der Waals surface area contributed by atoms with Crippen LogP contribution >= 0.6 is 0 Å². The van der Waals surface area contributed by atoms with Crippen LogP contribution in [0, 0.1) is 15.5 Å². The minimum Gasteiger partial charge on any atom is -0.392 e. The maximum Gasteiger partial charge on any atom is 0.313 e. The van der Waals surface area contributed by atoms with E-state index in [1.54, 1.807) is 7.05 Å². The highest BCUT2D eigenvalue weighted by Gasteiger charge is 2.32. The fourth-order valence-electron chi connectivity index (χ4n) is 1.88. The minimum absolute atomic E-state index is 0.0212. The van der Waals surface area contributed by atoms with Crippen LogP contribution in [-0.4, -0.2) is 25.9 Å². The molecule has 0 aromatic carbocycles. The van der Waals surface area contributed by atoms with Crippen LogP contribution < -0.4 is 0 Å². The molecule has 0 aliphatic rings. The van der Waals surface area contributed by atoms with Gasteiger partial charge >= 0.3 is 5.69 Å². The summed E-state index contributed by atoms with van der Waals surface area (Å²) in [5.41, 5.74) is 0.677. The standard InChI is InChI=1S/C13H23N3O3/c1-8(2)11-12(16(18)19)9(15(6)14-11)7-10(17)13(3,4)5/h8,10,17H,7H2,1-6H3. The van der Waals surface area contributed by atoms with Crippen molar-refractivity contribution in [1.82, 2.24) is 9.78 Å². The van der Waals surface area contributed by atoms with Crippen LogP contribution in [0.4, 0.5) is 5.69 Å². The van der Waals surface area contributed by atoms with E-state index >= 15 is 0 Å². The predicted molar refractivity (Wildman–Crippen MR) is 73.1 cm³/mol. The van der Waals surface area contributed by atoms with E-state index in [4.69, 9.17) is 0 Å². The van der Waals surface area contributed by atoms with Gasteiger partial charge in [0, 0.05) is 19.4 Å². The molecule has 0 amide bonds. The van der Waals surface area contributed by atoms with Crippen LogP contribution in [0.25, 0.3) is 0 Å². The quantitative estimate of drug-likeness (QED) is 0.672. The first-order valence-corrected chi connectivity index (χ1v) is 6.44. The van der Waals surface area contributed by atoms with Crippen molar-refractivity contribution >= 4 is 5.69 Å². The Kier molecular flexibility index (Phi) is 4.35. The summed E-state index contributed by atoms with van der Waals surface area (Å²) in [5, 5.41) is 25.6. The molecule has 1 aromatic rings. The van der Waals surface area contributed by atoms with Gasteiger partial charge in [0.05, 0.1) is 11.0 Å². The number of aliphatic hydroxyl groups excluding tert-OH is 1. The molecule has 0 saturated carbocycles. The van der Waals surface area contributed by atoms with E-state index in [1.165, 1.54) is 4.68 Å². The van der Waals surface area contributed by atoms with Crippen molar-refractivity contribution in [3.63, 3.8) is 0 Å². The van der Waals surface area contributed by atoms with E-state index in [-0.39, 0.29) is 23.4 Å². The van der Waals surface area contributed by atoms with Crippen molar-refractivity contribution in [2.24, 2.45) is 12.5 Å². The van der Waals surface area contributed by atoms with Gasteiger partial charge in [0.2, 0.25) is 0 Å². The number of aryl methyl sites for hydroxylation is 1. The molecule has 0 radical (unpaired) electrons. The number of nitrogens with zero attached hydrogens (tertiary/aromatic N) is 3. The SMILES string of the molecule is CC(C)c1nn(C)c(CC(O)C(C)(C)C)c1[N+](=O)[O-]. The van der Waals surface area contributed by atoms with Gasteiger partial charge in [-0.3, -0.25) is 14.8 Å². The van der Waals surface area contributed by atoms with Crippen molar-refractivity contribution in [1.29, 1.82) is 0 Å². The van der Waals surface area contributed by atoms with Gasteiger partial charge in [0.25, 0.3) is 0 Å². The lowest BCUT2D eigenvalue weighted by atomic mass is 9.86. The van der Waals surface area contributed by atoms with E-state index in [1.807, 2.05) is 34.6 Å². The van der Waals surface area contributed by atoms with Gasteiger partial charge in [-0.1, -0.05) is 34.6 Å². The van der Waals surface area contributed by atoms with E-state index < -0.39 is 11.0 Å². The number of nitro groups is 1. The second-order valence-corrected chi connectivity index (χ2v) is 6.30. The maximum atomic E-state index is 11.3.